The van der Waals surface area contributed by atoms with Crippen molar-refractivity contribution in [2.75, 3.05) is 17.7 Å². The van der Waals surface area contributed by atoms with Crippen molar-refractivity contribution in [2.45, 2.75) is 77.7 Å². The summed E-state index contributed by atoms with van der Waals surface area (Å²) in [6.07, 6.45) is 1.51. The van der Waals surface area contributed by atoms with E-state index in [1.165, 1.54) is 12.1 Å². The second-order valence-electron chi connectivity index (χ2n) is 13.1. The van der Waals surface area contributed by atoms with Gasteiger partial charge in [0.05, 0.1) is 40.8 Å². The maximum Gasteiger partial charge on any atom is 0.171 e. The van der Waals surface area contributed by atoms with E-state index in [0.717, 1.165) is 39.7 Å². The number of anilines is 2. The predicted molar refractivity (Wildman–Crippen MR) is 221 cm³/mol. The summed E-state index contributed by atoms with van der Waals surface area (Å²) in [7, 11) is 1.83. The van der Waals surface area contributed by atoms with Gasteiger partial charge in [-0.3, -0.25) is 0 Å². The number of fused-ring (bicyclic) bond motifs is 2. The van der Waals surface area contributed by atoms with E-state index in [2.05, 4.69) is 47.3 Å². The van der Waals surface area contributed by atoms with E-state index in [-0.39, 0.29) is 23.5 Å². The van der Waals surface area contributed by atoms with Crippen LogP contribution in [0.1, 0.15) is 88.7 Å². The Balaban J connectivity index is 0.000000230. The van der Waals surface area contributed by atoms with Crippen molar-refractivity contribution < 1.29 is 13.9 Å². The molecule has 4 aromatic carbocycles. The van der Waals surface area contributed by atoms with Crippen LogP contribution in [-0.4, -0.2) is 28.9 Å². The molecule has 2 aliphatic rings. The van der Waals surface area contributed by atoms with Crippen molar-refractivity contribution in [2.24, 2.45) is 0 Å². The fourth-order valence-corrected chi connectivity index (χ4v) is 6.35. The van der Waals surface area contributed by atoms with Gasteiger partial charge in [0.25, 0.3) is 0 Å². The third-order valence-corrected chi connectivity index (χ3v) is 8.55. The highest BCUT2D eigenvalue weighted by Crippen LogP contribution is 2.41. The van der Waals surface area contributed by atoms with E-state index < -0.39 is 5.60 Å². The van der Waals surface area contributed by atoms with Crippen molar-refractivity contribution in [3.8, 4) is 23.6 Å². The Morgan fingerprint density at radius 1 is 0.811 bits per heavy atom. The van der Waals surface area contributed by atoms with E-state index in [1.807, 2.05) is 71.1 Å². The standard InChI is InChI=1S/C19H18FN3OS.C12H14ClNOS.C8H8N2.C2H6/c1-19(2)10-16(15-9-13(20)6-7-17(15)24-19)23-18(25)22-14-5-3-4-12(8-14)11-21;1-12(2)6-10(14-7-16)9-5-8(13)3-4-11(9)15-12;1-10-8-4-2-3-7(5-8)6-9;1-2/h3-9,16H,10H2,1-2H3,(H2,22,23,25);3-5,7,10H,6H2,1-2H3,(H,14,16);2-5,10H,1H3;1-2H3. The van der Waals surface area contributed by atoms with Gasteiger partial charge in [0.2, 0.25) is 0 Å². The highest BCUT2D eigenvalue weighted by molar-refractivity contribution is 7.80. The number of nitrogens with zero attached hydrogens (tertiary/aromatic N) is 2. The molecule has 0 saturated carbocycles. The fourth-order valence-electron chi connectivity index (χ4n) is 5.75. The molecule has 278 valence electrons. The lowest BCUT2D eigenvalue weighted by Crippen LogP contribution is -2.42. The van der Waals surface area contributed by atoms with Gasteiger partial charge in [0.1, 0.15) is 28.5 Å². The number of rotatable bonds is 5. The Kier molecular flexibility index (Phi) is 15.8. The average Bonchev–Trinajstić information content (AvgIpc) is 3.13. The molecule has 0 aromatic heterocycles. The fraction of sp³-hybridized carbons (Fsp3) is 0.317. The van der Waals surface area contributed by atoms with Crippen LogP contribution in [-0.2, 0) is 0 Å². The molecule has 53 heavy (non-hydrogen) atoms. The van der Waals surface area contributed by atoms with Gasteiger partial charge < -0.3 is 30.7 Å². The highest BCUT2D eigenvalue weighted by atomic mass is 35.5. The van der Waals surface area contributed by atoms with Crippen molar-refractivity contribution in [1.29, 1.82) is 10.5 Å². The molecule has 2 aliphatic heterocycles. The Morgan fingerprint density at radius 3 is 1.91 bits per heavy atom. The summed E-state index contributed by atoms with van der Waals surface area (Å²) >= 11 is 16.2. The topological polar surface area (TPSA) is 114 Å². The molecule has 0 aliphatic carbocycles. The van der Waals surface area contributed by atoms with Crippen molar-refractivity contribution in [3.63, 3.8) is 0 Å². The van der Waals surface area contributed by atoms with E-state index in [1.54, 1.807) is 41.9 Å². The molecule has 4 N–H and O–H groups in total. The molecule has 8 nitrogen and oxygen atoms in total. The van der Waals surface area contributed by atoms with E-state index in [0.29, 0.717) is 28.4 Å². The van der Waals surface area contributed by atoms with Crippen LogP contribution in [0.3, 0.4) is 0 Å². The number of halogens is 2. The quantitative estimate of drug-likeness (QED) is 0.146. The summed E-state index contributed by atoms with van der Waals surface area (Å²) in [6, 6.07) is 28.8. The first kappa shape index (κ1) is 42.5. The van der Waals surface area contributed by atoms with Gasteiger partial charge in [-0.1, -0.05) is 49.8 Å². The Morgan fingerprint density at radius 2 is 1.34 bits per heavy atom. The first-order chi connectivity index (χ1) is 25.2. The zero-order chi connectivity index (χ0) is 39.2. The lowest BCUT2D eigenvalue weighted by Gasteiger charge is -2.38. The van der Waals surface area contributed by atoms with Gasteiger partial charge in [-0.25, -0.2) is 4.39 Å². The maximum atomic E-state index is 13.7. The van der Waals surface area contributed by atoms with Gasteiger partial charge in [-0.15, -0.1) is 0 Å². The molecule has 2 atom stereocenters. The lowest BCUT2D eigenvalue weighted by molar-refractivity contribution is 0.0691. The molecule has 12 heteroatoms. The molecule has 0 fully saturated rings. The summed E-state index contributed by atoms with van der Waals surface area (Å²) in [4.78, 5) is 0. The minimum atomic E-state index is -0.390. The van der Waals surface area contributed by atoms with Crippen molar-refractivity contribution >= 4 is 58.0 Å². The van der Waals surface area contributed by atoms with Crippen molar-refractivity contribution in [1.82, 2.24) is 10.6 Å². The molecule has 0 spiro atoms. The monoisotopic (exact) mass is 772 g/mol. The molecule has 4 aromatic rings. The van der Waals surface area contributed by atoms with Crippen LogP contribution < -0.4 is 30.7 Å². The molecule has 2 unspecified atom stereocenters. The predicted octanol–water partition coefficient (Wildman–Crippen LogP) is 10.4. The Hall–Kier alpha value is -4.94. The second-order valence-corrected chi connectivity index (χ2v) is 14.2. The van der Waals surface area contributed by atoms with Crippen LogP contribution in [0.5, 0.6) is 11.5 Å². The lowest BCUT2D eigenvalue weighted by atomic mass is 9.90. The largest absolute Gasteiger partial charge is 0.487 e. The summed E-state index contributed by atoms with van der Waals surface area (Å²) in [5.74, 6) is 1.23. The van der Waals surface area contributed by atoms with Gasteiger partial charge in [0.15, 0.2) is 5.11 Å². The zero-order valence-electron chi connectivity index (χ0n) is 31.0. The minimum Gasteiger partial charge on any atom is -0.487 e. The maximum absolute atomic E-state index is 13.7. The number of hydrogen-bond acceptors (Lipinski definition) is 7. The van der Waals surface area contributed by atoms with Crippen LogP contribution >= 0.6 is 36.0 Å². The van der Waals surface area contributed by atoms with Crippen LogP contribution in [0, 0.1) is 28.5 Å². The highest BCUT2D eigenvalue weighted by Gasteiger charge is 2.35. The zero-order valence-corrected chi connectivity index (χ0v) is 33.4. The Labute approximate surface area is 328 Å². The first-order valence-corrected chi connectivity index (χ1v) is 18.4. The number of nitriles is 2. The molecule has 2 heterocycles. The average molecular weight is 773 g/mol. The van der Waals surface area contributed by atoms with Crippen LogP contribution in [0.25, 0.3) is 0 Å². The number of hydrogen-bond donors (Lipinski definition) is 4. The van der Waals surface area contributed by atoms with Crippen LogP contribution in [0.2, 0.25) is 5.02 Å². The van der Waals surface area contributed by atoms with Crippen molar-refractivity contribution in [3.05, 3.63) is 118 Å². The number of nitrogens with one attached hydrogen (secondary N) is 4. The number of benzene rings is 4. The normalized spacial score (nSPS) is 16.6. The second kappa shape index (κ2) is 19.8. The third kappa shape index (κ3) is 12.9. The van der Waals surface area contributed by atoms with E-state index in [4.69, 9.17) is 56.0 Å². The molecule has 0 saturated heterocycles. The SMILES string of the molecule is CC.CC1(C)CC(NC(=S)Nc2cccc(C#N)c2)c2cc(F)ccc2O1.CC1(C)CC(NC=S)c2cc(Cl)ccc2O1.CNc1cccc(C#N)c1. The molecule has 0 amide bonds. The van der Waals surface area contributed by atoms with Gasteiger partial charge in [-0.2, -0.15) is 10.5 Å². The smallest absolute Gasteiger partial charge is 0.171 e. The summed E-state index contributed by atoms with van der Waals surface area (Å²) in [5.41, 5.74) is 5.73. The van der Waals surface area contributed by atoms with Crippen LogP contribution in [0.4, 0.5) is 15.8 Å². The summed E-state index contributed by atoms with van der Waals surface area (Å²) in [5, 5.41) is 31.0. The minimum absolute atomic E-state index is 0.173. The van der Waals surface area contributed by atoms with E-state index >= 15 is 0 Å². The molecule has 6 rings (SSSR count). The van der Waals surface area contributed by atoms with Gasteiger partial charge in [-0.05, 0) is 113 Å². The van der Waals surface area contributed by atoms with E-state index in [9.17, 15) is 4.39 Å². The molecule has 0 bridgehead atoms. The molecular formula is C41H46ClFN6O2S2. The number of ether oxygens (including phenoxy) is 2. The van der Waals surface area contributed by atoms with Gasteiger partial charge >= 0.3 is 0 Å². The molecular weight excluding hydrogens is 727 g/mol. The third-order valence-electron chi connectivity index (χ3n) is 7.96. The van der Waals surface area contributed by atoms with Crippen LogP contribution in [0.15, 0.2) is 84.9 Å². The first-order valence-electron chi connectivity index (χ1n) is 17.2. The van der Waals surface area contributed by atoms with Gasteiger partial charge in [0, 0.05) is 47.4 Å². The Bertz CT molecular complexity index is 1960. The molecule has 0 radical (unpaired) electrons. The summed E-state index contributed by atoms with van der Waals surface area (Å²) in [6.45, 7) is 12.1. The number of thiocarbonyl (C=S) groups is 2. The summed E-state index contributed by atoms with van der Waals surface area (Å²) < 4.78 is 25.5.